The van der Waals surface area contributed by atoms with Crippen molar-refractivity contribution < 1.29 is 48.6 Å². The molecule has 0 saturated carbocycles. The maximum Gasteiger partial charge on any atom is 0.305 e. The van der Waals surface area contributed by atoms with Gasteiger partial charge in [-0.25, -0.2) is 0 Å². The molecule has 20 heteroatoms. The van der Waals surface area contributed by atoms with E-state index in [2.05, 4.69) is 38.5 Å². The summed E-state index contributed by atoms with van der Waals surface area (Å²) in [5.74, 6) is -7.40. The fourth-order valence-electron chi connectivity index (χ4n) is 4.88. The first kappa shape index (κ1) is 48.0. The second-order valence-electron chi connectivity index (χ2n) is 12.5. The minimum atomic E-state index is -1.70. The summed E-state index contributed by atoms with van der Waals surface area (Å²) in [5.41, 5.74) is 15.7. The van der Waals surface area contributed by atoms with Gasteiger partial charge in [0.1, 0.15) is 18.1 Å². The molecule has 7 amide bonds. The number of carbonyl (C=O) groups is 8. The van der Waals surface area contributed by atoms with Crippen molar-refractivity contribution in [3.63, 3.8) is 0 Å². The maximum atomic E-state index is 12.9. The van der Waals surface area contributed by atoms with Gasteiger partial charge in [0.2, 0.25) is 41.4 Å². The molecule has 0 aliphatic rings. The summed E-state index contributed by atoms with van der Waals surface area (Å²) in [6.07, 6.45) is 12.2. The van der Waals surface area contributed by atoms with Crippen molar-refractivity contribution in [3.8, 4) is 0 Å². The monoisotopic (exact) mass is 756 g/mol. The van der Waals surface area contributed by atoms with Crippen LogP contribution in [0.3, 0.4) is 0 Å². The van der Waals surface area contributed by atoms with Gasteiger partial charge in [-0.15, -0.1) is 0 Å². The molecule has 20 nitrogen and oxygen atoms in total. The van der Waals surface area contributed by atoms with Crippen LogP contribution in [0.5, 0.6) is 0 Å². The van der Waals surface area contributed by atoms with E-state index in [9.17, 15) is 43.5 Å². The molecule has 0 aromatic rings. The number of primary amides is 1. The Labute approximate surface area is 310 Å². The lowest BCUT2D eigenvalue weighted by molar-refractivity contribution is -0.141. The number of nitrogens with zero attached hydrogens (tertiary/aromatic N) is 1. The average molecular weight is 757 g/mol. The summed E-state index contributed by atoms with van der Waals surface area (Å²) in [7, 11) is 0. The van der Waals surface area contributed by atoms with Crippen LogP contribution in [0.15, 0.2) is 4.99 Å². The van der Waals surface area contributed by atoms with E-state index in [0.717, 1.165) is 19.3 Å². The molecule has 0 aliphatic carbocycles. The Morgan fingerprint density at radius 2 is 1.09 bits per heavy atom. The number of aliphatic hydroxyl groups is 1. The maximum absolute atomic E-state index is 12.9. The van der Waals surface area contributed by atoms with E-state index in [1.54, 1.807) is 0 Å². The summed E-state index contributed by atoms with van der Waals surface area (Å²) in [4.78, 5) is 101. The van der Waals surface area contributed by atoms with Crippen molar-refractivity contribution in [3.05, 3.63) is 0 Å². The number of carboxylic acids is 1. The van der Waals surface area contributed by atoms with Gasteiger partial charge in [0.25, 0.3) is 0 Å². The van der Waals surface area contributed by atoms with Crippen LogP contribution >= 0.6 is 0 Å². The zero-order valence-electron chi connectivity index (χ0n) is 30.7. The first-order valence-corrected chi connectivity index (χ1v) is 18.1. The number of nitrogens with one attached hydrogen (secondary N) is 6. The number of hydrogen-bond acceptors (Lipinski definition) is 10. The van der Waals surface area contributed by atoms with E-state index in [1.165, 1.54) is 44.9 Å². The van der Waals surface area contributed by atoms with Gasteiger partial charge in [-0.3, -0.25) is 43.3 Å². The second-order valence-corrected chi connectivity index (χ2v) is 12.5. The van der Waals surface area contributed by atoms with Crippen LogP contribution in [-0.4, -0.2) is 114 Å². The summed E-state index contributed by atoms with van der Waals surface area (Å²) in [5, 5.41) is 32.0. The molecule has 0 aromatic carbocycles. The highest BCUT2D eigenvalue weighted by molar-refractivity contribution is 5.96. The summed E-state index contributed by atoms with van der Waals surface area (Å²) >= 11 is 0. The minimum Gasteiger partial charge on any atom is -0.481 e. The summed E-state index contributed by atoms with van der Waals surface area (Å²) in [6, 6.07) is -4.46. The fourth-order valence-corrected chi connectivity index (χ4v) is 4.88. The van der Waals surface area contributed by atoms with E-state index in [4.69, 9.17) is 22.3 Å². The molecule has 0 aromatic heterocycles. The number of aliphatic imine (C=N–C) groups is 1. The molecule has 0 heterocycles. The van der Waals surface area contributed by atoms with Gasteiger partial charge in [-0.05, 0) is 19.3 Å². The number of guanidine groups is 1. The van der Waals surface area contributed by atoms with Crippen LogP contribution in [0, 0.1) is 0 Å². The smallest absolute Gasteiger partial charge is 0.305 e. The molecule has 14 N–H and O–H groups in total. The van der Waals surface area contributed by atoms with Crippen molar-refractivity contribution in [2.24, 2.45) is 22.2 Å². The van der Waals surface area contributed by atoms with Crippen LogP contribution in [-0.2, 0) is 38.4 Å². The SMILES string of the molecule is CCCCCCCCCCCCCC(=O)NCC(=O)NCC(=O)N[C@@H](CCCN=C(N)N)C(=O)NCC(=O)N[C@@H](CC(=O)O)C(=O)N[C@@H](CO)C(N)=O. The molecule has 302 valence electrons. The quantitative estimate of drug-likeness (QED) is 0.0199. The number of carbonyl (C=O) groups excluding carboxylic acids is 7. The van der Waals surface area contributed by atoms with Gasteiger partial charge in [0, 0.05) is 13.0 Å². The highest BCUT2D eigenvalue weighted by Gasteiger charge is 2.28. The Morgan fingerprint density at radius 3 is 1.62 bits per heavy atom. The van der Waals surface area contributed by atoms with E-state index in [-0.39, 0.29) is 44.2 Å². The van der Waals surface area contributed by atoms with Gasteiger partial charge in [-0.1, -0.05) is 71.1 Å². The fraction of sp³-hybridized carbons (Fsp3) is 0.727. The standard InChI is InChI=1S/C33H60N10O10/c1-2-3-4-5-6-7-8-9-10-11-12-15-25(45)38-18-26(46)39-19-27(47)41-22(14-13-16-37-33(35)36)31(52)40-20-28(48)42-23(17-29(49)50)32(53)43-24(21-44)30(34)51/h22-24,44H,2-21H2,1H3,(H2,34,51)(H,38,45)(H,39,46)(H,40,52)(H,41,47)(H,42,48)(H,43,53)(H,49,50)(H4,35,36,37)/t22-,23-,24-/m0/s1. The van der Waals surface area contributed by atoms with Crippen LogP contribution < -0.4 is 49.1 Å². The van der Waals surface area contributed by atoms with Crippen molar-refractivity contribution in [2.75, 3.05) is 32.8 Å². The molecule has 53 heavy (non-hydrogen) atoms. The third-order valence-corrected chi connectivity index (χ3v) is 7.79. The first-order valence-electron chi connectivity index (χ1n) is 18.1. The number of rotatable bonds is 31. The molecule has 0 unspecified atom stereocenters. The predicted octanol–water partition coefficient (Wildman–Crippen LogP) is -2.50. The van der Waals surface area contributed by atoms with Crippen molar-refractivity contribution in [2.45, 2.75) is 121 Å². The third kappa shape index (κ3) is 26.4. The molecule has 0 spiro atoms. The number of aliphatic carboxylic acids is 1. The van der Waals surface area contributed by atoms with E-state index < -0.39 is 85.7 Å². The van der Waals surface area contributed by atoms with Crippen molar-refractivity contribution in [1.29, 1.82) is 0 Å². The molecule has 0 rings (SSSR count). The van der Waals surface area contributed by atoms with Gasteiger partial charge in [-0.2, -0.15) is 0 Å². The van der Waals surface area contributed by atoms with Crippen molar-refractivity contribution >= 4 is 53.3 Å². The number of aliphatic hydroxyl groups excluding tert-OH is 1. The molecule has 0 bridgehead atoms. The largest absolute Gasteiger partial charge is 0.481 e. The van der Waals surface area contributed by atoms with Crippen LogP contribution in [0.25, 0.3) is 0 Å². The highest BCUT2D eigenvalue weighted by atomic mass is 16.4. The Balaban J connectivity index is 4.82. The second kappa shape index (κ2) is 29.6. The van der Waals surface area contributed by atoms with Gasteiger partial charge >= 0.3 is 5.97 Å². The minimum absolute atomic E-state index is 0.00126. The topological polar surface area (TPSA) is 340 Å². The molecule has 0 saturated heterocycles. The number of unbranched alkanes of at least 4 members (excludes halogenated alkanes) is 10. The Morgan fingerprint density at radius 1 is 0.585 bits per heavy atom. The van der Waals surface area contributed by atoms with Gasteiger partial charge in [0.15, 0.2) is 5.96 Å². The highest BCUT2D eigenvalue weighted by Crippen LogP contribution is 2.12. The van der Waals surface area contributed by atoms with Crippen molar-refractivity contribution in [1.82, 2.24) is 31.9 Å². The molecule has 3 atom stereocenters. The van der Waals surface area contributed by atoms with Gasteiger partial charge < -0.3 is 59.3 Å². The Hall–Kier alpha value is -5.01. The molecular weight excluding hydrogens is 696 g/mol. The average Bonchev–Trinajstić information content (AvgIpc) is 3.10. The normalized spacial score (nSPS) is 12.3. The molecule has 0 radical (unpaired) electrons. The number of hydrogen-bond donors (Lipinski definition) is 11. The third-order valence-electron chi connectivity index (χ3n) is 7.79. The van der Waals surface area contributed by atoms with E-state index in [1.807, 2.05) is 5.32 Å². The Bertz CT molecular complexity index is 1210. The predicted molar refractivity (Wildman–Crippen MR) is 194 cm³/mol. The van der Waals surface area contributed by atoms with Crippen LogP contribution in [0.4, 0.5) is 0 Å². The molecule has 0 aliphatic heterocycles. The van der Waals surface area contributed by atoms with E-state index in [0.29, 0.717) is 6.42 Å². The van der Waals surface area contributed by atoms with Crippen LogP contribution in [0.1, 0.15) is 103 Å². The lowest BCUT2D eigenvalue weighted by Gasteiger charge is -2.21. The lowest BCUT2D eigenvalue weighted by Crippen LogP contribution is -2.56. The summed E-state index contributed by atoms with van der Waals surface area (Å²) < 4.78 is 0. The number of carboxylic acid groups (broad SMARTS) is 1. The van der Waals surface area contributed by atoms with Gasteiger partial charge in [0.05, 0.1) is 32.7 Å². The number of nitrogens with two attached hydrogens (primary N) is 3. The Kier molecular flexibility index (Phi) is 26.8. The molecular formula is C33H60N10O10. The van der Waals surface area contributed by atoms with E-state index >= 15 is 0 Å². The first-order chi connectivity index (χ1) is 25.2. The van der Waals surface area contributed by atoms with Crippen LogP contribution in [0.2, 0.25) is 0 Å². The zero-order valence-corrected chi connectivity index (χ0v) is 30.7. The number of amides is 7. The summed E-state index contributed by atoms with van der Waals surface area (Å²) in [6.45, 7) is -0.198. The zero-order chi connectivity index (χ0) is 40.0. The molecule has 0 fully saturated rings. The lowest BCUT2D eigenvalue weighted by atomic mass is 10.1.